The van der Waals surface area contributed by atoms with Gasteiger partial charge in [0.15, 0.2) is 0 Å². The van der Waals surface area contributed by atoms with Crippen LogP contribution < -0.4 is 10.1 Å². The van der Waals surface area contributed by atoms with E-state index in [0.717, 1.165) is 10.9 Å². The van der Waals surface area contributed by atoms with Crippen LogP contribution >= 0.6 is 15.9 Å². The van der Waals surface area contributed by atoms with Crippen LogP contribution in [0.5, 0.6) is 5.75 Å². The van der Waals surface area contributed by atoms with Crippen LogP contribution in [0, 0.1) is 5.92 Å². The molecule has 1 heterocycles. The molecule has 6 heteroatoms. The van der Waals surface area contributed by atoms with Gasteiger partial charge in [-0.25, -0.2) is 4.79 Å². The van der Waals surface area contributed by atoms with E-state index >= 15 is 0 Å². The summed E-state index contributed by atoms with van der Waals surface area (Å²) >= 11 is 3.36. The van der Waals surface area contributed by atoms with Crippen molar-refractivity contribution in [3.8, 4) is 5.75 Å². The quantitative estimate of drug-likeness (QED) is 0.733. The van der Waals surface area contributed by atoms with Gasteiger partial charge in [0.25, 0.3) is 5.91 Å². The van der Waals surface area contributed by atoms with Crippen LogP contribution in [0.15, 0.2) is 28.7 Å². The first-order chi connectivity index (χ1) is 10.8. The Morgan fingerprint density at radius 2 is 1.91 bits per heavy atom. The predicted octanol–water partition coefficient (Wildman–Crippen LogP) is 3.57. The number of nitrogens with one attached hydrogen (secondary N) is 1. The molecular formula is C17H23BrN2O3. The molecule has 2 rings (SSSR count). The number of rotatable bonds is 7. The zero-order chi connectivity index (χ0) is 17.0. The van der Waals surface area contributed by atoms with Crippen molar-refractivity contribution < 1.29 is 14.3 Å². The highest BCUT2D eigenvalue weighted by Crippen LogP contribution is 2.24. The Morgan fingerprint density at radius 1 is 1.26 bits per heavy atom. The number of carbonyl (C=O) groups is 2. The van der Waals surface area contributed by atoms with E-state index in [4.69, 9.17) is 4.74 Å². The van der Waals surface area contributed by atoms with Gasteiger partial charge >= 0.3 is 6.03 Å². The maximum absolute atomic E-state index is 12.5. The zero-order valence-electron chi connectivity index (χ0n) is 13.8. The van der Waals surface area contributed by atoms with Crippen molar-refractivity contribution in [3.63, 3.8) is 0 Å². The molecule has 1 unspecified atom stereocenters. The Bertz CT molecular complexity index is 574. The van der Waals surface area contributed by atoms with Crippen LogP contribution in [0.2, 0.25) is 0 Å². The highest BCUT2D eigenvalue weighted by molar-refractivity contribution is 9.10. The Kier molecular flexibility index (Phi) is 5.68. The molecule has 1 aromatic carbocycles. The normalized spacial score (nSPS) is 21.0. The van der Waals surface area contributed by atoms with E-state index in [2.05, 4.69) is 35.1 Å². The highest BCUT2D eigenvalue weighted by Gasteiger charge is 2.47. The standard InChI is InChI=1S/C17H23BrN2O3/c1-12(2)8-9-17(3)15(21)20(16(22)19-17)10-11-23-14-6-4-13(18)5-7-14/h4-7,12H,8-11H2,1-3H3,(H,19,22). The number of imide groups is 1. The number of hydrogen-bond acceptors (Lipinski definition) is 3. The van der Waals surface area contributed by atoms with Crippen LogP contribution in [0.1, 0.15) is 33.6 Å². The van der Waals surface area contributed by atoms with E-state index in [9.17, 15) is 9.59 Å². The molecule has 5 nitrogen and oxygen atoms in total. The number of ether oxygens (including phenoxy) is 1. The number of hydrogen-bond donors (Lipinski definition) is 1. The zero-order valence-corrected chi connectivity index (χ0v) is 15.4. The van der Waals surface area contributed by atoms with Gasteiger partial charge in [-0.05, 0) is 49.9 Å². The number of halogens is 1. The molecular weight excluding hydrogens is 360 g/mol. The summed E-state index contributed by atoms with van der Waals surface area (Å²) in [5.74, 6) is 1.04. The fourth-order valence-electron chi connectivity index (χ4n) is 2.48. The maximum Gasteiger partial charge on any atom is 0.325 e. The van der Waals surface area contributed by atoms with Crippen LogP contribution in [0.4, 0.5) is 4.79 Å². The second kappa shape index (κ2) is 7.34. The average molecular weight is 383 g/mol. The molecule has 0 radical (unpaired) electrons. The highest BCUT2D eigenvalue weighted by atomic mass is 79.9. The lowest BCUT2D eigenvalue weighted by molar-refractivity contribution is -0.131. The molecule has 1 saturated heterocycles. The van der Waals surface area contributed by atoms with Gasteiger partial charge in [-0.1, -0.05) is 29.8 Å². The molecule has 1 aromatic rings. The predicted molar refractivity (Wildman–Crippen MR) is 92.4 cm³/mol. The summed E-state index contributed by atoms with van der Waals surface area (Å²) in [6, 6.07) is 7.10. The Morgan fingerprint density at radius 3 is 2.52 bits per heavy atom. The molecule has 126 valence electrons. The molecule has 3 amide bonds. The van der Waals surface area contributed by atoms with E-state index in [1.165, 1.54) is 4.90 Å². The molecule has 0 aromatic heterocycles. The van der Waals surface area contributed by atoms with Crippen molar-refractivity contribution in [3.05, 3.63) is 28.7 Å². The van der Waals surface area contributed by atoms with Crippen molar-refractivity contribution in [1.29, 1.82) is 0 Å². The molecule has 1 aliphatic rings. The number of urea groups is 1. The van der Waals surface area contributed by atoms with Gasteiger partial charge in [-0.3, -0.25) is 9.69 Å². The molecule has 0 saturated carbocycles. The Hall–Kier alpha value is -1.56. The third-order valence-electron chi connectivity index (χ3n) is 3.96. The van der Waals surface area contributed by atoms with Gasteiger partial charge in [0, 0.05) is 4.47 Å². The fraction of sp³-hybridized carbons (Fsp3) is 0.529. The van der Waals surface area contributed by atoms with Crippen molar-refractivity contribution >= 4 is 27.9 Å². The van der Waals surface area contributed by atoms with Gasteiger partial charge < -0.3 is 10.1 Å². The summed E-state index contributed by atoms with van der Waals surface area (Å²) in [5, 5.41) is 2.82. The smallest absolute Gasteiger partial charge is 0.325 e. The third-order valence-corrected chi connectivity index (χ3v) is 4.49. The number of nitrogens with zero attached hydrogens (tertiary/aromatic N) is 1. The fourth-order valence-corrected chi connectivity index (χ4v) is 2.75. The molecule has 0 spiro atoms. The lowest BCUT2D eigenvalue weighted by atomic mass is 9.92. The minimum absolute atomic E-state index is 0.164. The topological polar surface area (TPSA) is 58.6 Å². The van der Waals surface area contributed by atoms with E-state index in [0.29, 0.717) is 18.1 Å². The number of amides is 3. The summed E-state index contributed by atoms with van der Waals surface area (Å²) in [6.45, 7) is 6.53. The Labute approximate surface area is 145 Å². The maximum atomic E-state index is 12.5. The molecule has 1 atom stereocenters. The third kappa shape index (κ3) is 4.47. The molecule has 1 N–H and O–H groups in total. The molecule has 0 aliphatic carbocycles. The van der Waals surface area contributed by atoms with Crippen molar-refractivity contribution in [2.45, 2.75) is 39.2 Å². The van der Waals surface area contributed by atoms with Crippen LogP contribution in [-0.2, 0) is 4.79 Å². The lowest BCUT2D eigenvalue weighted by Crippen LogP contribution is -2.44. The van der Waals surface area contributed by atoms with Gasteiger partial charge in [-0.15, -0.1) is 0 Å². The summed E-state index contributed by atoms with van der Waals surface area (Å²) in [4.78, 5) is 25.8. The van der Waals surface area contributed by atoms with E-state index in [1.54, 1.807) is 6.92 Å². The molecule has 23 heavy (non-hydrogen) atoms. The lowest BCUT2D eigenvalue weighted by Gasteiger charge is -2.22. The van der Waals surface area contributed by atoms with Crippen LogP contribution in [0.25, 0.3) is 0 Å². The Balaban J connectivity index is 1.88. The largest absolute Gasteiger partial charge is 0.492 e. The van der Waals surface area contributed by atoms with Gasteiger partial charge in [0.1, 0.15) is 17.9 Å². The van der Waals surface area contributed by atoms with Gasteiger partial charge in [-0.2, -0.15) is 0 Å². The van der Waals surface area contributed by atoms with Crippen LogP contribution in [0.3, 0.4) is 0 Å². The number of benzene rings is 1. The van der Waals surface area contributed by atoms with Crippen molar-refractivity contribution in [2.24, 2.45) is 5.92 Å². The minimum atomic E-state index is -0.793. The molecule has 0 bridgehead atoms. The first kappa shape index (κ1) is 17.8. The minimum Gasteiger partial charge on any atom is -0.492 e. The summed E-state index contributed by atoms with van der Waals surface area (Å²) in [5.41, 5.74) is -0.793. The first-order valence-electron chi connectivity index (χ1n) is 7.84. The molecule has 1 aliphatic heterocycles. The SMILES string of the molecule is CC(C)CCC1(C)NC(=O)N(CCOc2ccc(Br)cc2)C1=O. The van der Waals surface area contributed by atoms with E-state index < -0.39 is 5.54 Å². The first-order valence-corrected chi connectivity index (χ1v) is 8.63. The van der Waals surface area contributed by atoms with Crippen molar-refractivity contribution in [2.75, 3.05) is 13.2 Å². The van der Waals surface area contributed by atoms with E-state index in [-0.39, 0.29) is 25.1 Å². The monoisotopic (exact) mass is 382 g/mol. The van der Waals surface area contributed by atoms with Gasteiger partial charge in [0.05, 0.1) is 6.54 Å². The molecule has 1 fully saturated rings. The summed E-state index contributed by atoms with van der Waals surface area (Å²) in [7, 11) is 0. The van der Waals surface area contributed by atoms with Crippen LogP contribution in [-0.4, -0.2) is 35.5 Å². The summed E-state index contributed by atoms with van der Waals surface area (Å²) in [6.07, 6.45) is 1.55. The van der Waals surface area contributed by atoms with E-state index in [1.807, 2.05) is 24.3 Å². The average Bonchev–Trinajstić information content (AvgIpc) is 2.71. The van der Waals surface area contributed by atoms with Crippen molar-refractivity contribution in [1.82, 2.24) is 10.2 Å². The second-order valence-electron chi connectivity index (χ2n) is 6.45. The van der Waals surface area contributed by atoms with Gasteiger partial charge in [0.2, 0.25) is 0 Å². The second-order valence-corrected chi connectivity index (χ2v) is 7.37. The number of carbonyl (C=O) groups excluding carboxylic acids is 2. The summed E-state index contributed by atoms with van der Waals surface area (Å²) < 4.78 is 6.56.